The second kappa shape index (κ2) is 7.10. The highest BCUT2D eigenvalue weighted by molar-refractivity contribution is 7.13. The van der Waals surface area contributed by atoms with Crippen LogP contribution in [0.1, 0.15) is 18.5 Å². The fourth-order valence-electron chi connectivity index (χ4n) is 1.71. The van der Waals surface area contributed by atoms with E-state index >= 15 is 0 Å². The van der Waals surface area contributed by atoms with Gasteiger partial charge in [-0.1, -0.05) is 0 Å². The number of carbonyl (C=O) groups is 2. The number of thiazole rings is 1. The first-order chi connectivity index (χ1) is 10.5. The SMILES string of the molecule is Cc1ccc(-c2nc(NC(=O)[C@@H](N)CCC(N)=O)cs2)cn1. The summed E-state index contributed by atoms with van der Waals surface area (Å²) in [6, 6.07) is 3.03. The molecule has 0 unspecified atom stereocenters. The number of nitrogens with zero attached hydrogens (tertiary/aromatic N) is 2. The number of carbonyl (C=O) groups excluding carboxylic acids is 2. The number of amides is 2. The molecule has 0 fully saturated rings. The van der Waals surface area contributed by atoms with Crippen LogP contribution in [0.2, 0.25) is 0 Å². The average molecular weight is 319 g/mol. The minimum atomic E-state index is -0.793. The Balaban J connectivity index is 1.98. The zero-order valence-corrected chi connectivity index (χ0v) is 12.9. The number of nitrogens with two attached hydrogens (primary N) is 2. The summed E-state index contributed by atoms with van der Waals surface area (Å²) in [6.45, 7) is 1.91. The van der Waals surface area contributed by atoms with Gasteiger partial charge >= 0.3 is 0 Å². The second-order valence-electron chi connectivity index (χ2n) is 4.83. The van der Waals surface area contributed by atoms with E-state index in [4.69, 9.17) is 11.5 Å². The lowest BCUT2D eigenvalue weighted by Gasteiger charge is -2.09. The quantitative estimate of drug-likeness (QED) is 0.734. The second-order valence-corrected chi connectivity index (χ2v) is 5.68. The third-order valence-electron chi connectivity index (χ3n) is 2.95. The van der Waals surface area contributed by atoms with Gasteiger partial charge in [-0.3, -0.25) is 14.6 Å². The summed E-state index contributed by atoms with van der Waals surface area (Å²) < 4.78 is 0. The molecule has 0 spiro atoms. The number of hydrogen-bond acceptors (Lipinski definition) is 6. The third-order valence-corrected chi connectivity index (χ3v) is 3.84. The van der Waals surface area contributed by atoms with Crippen LogP contribution < -0.4 is 16.8 Å². The van der Waals surface area contributed by atoms with Crippen molar-refractivity contribution in [1.82, 2.24) is 9.97 Å². The van der Waals surface area contributed by atoms with Gasteiger partial charge in [-0.05, 0) is 25.5 Å². The van der Waals surface area contributed by atoms with Gasteiger partial charge < -0.3 is 16.8 Å². The molecule has 0 saturated carbocycles. The molecule has 0 aliphatic rings. The van der Waals surface area contributed by atoms with Gasteiger partial charge in [-0.25, -0.2) is 4.98 Å². The predicted octanol–water partition coefficient (Wildman–Crippen LogP) is 1.04. The van der Waals surface area contributed by atoms with Crippen LogP contribution in [-0.2, 0) is 9.59 Å². The molecule has 116 valence electrons. The van der Waals surface area contributed by atoms with E-state index in [0.29, 0.717) is 5.82 Å². The fraction of sp³-hybridized carbons (Fsp3) is 0.286. The molecular formula is C14H17N5O2S. The van der Waals surface area contributed by atoms with Crippen LogP contribution in [0.15, 0.2) is 23.7 Å². The normalized spacial score (nSPS) is 11.9. The van der Waals surface area contributed by atoms with Crippen molar-refractivity contribution in [3.63, 3.8) is 0 Å². The lowest BCUT2D eigenvalue weighted by molar-refractivity contribution is -0.119. The molecule has 22 heavy (non-hydrogen) atoms. The van der Waals surface area contributed by atoms with E-state index in [1.54, 1.807) is 11.6 Å². The van der Waals surface area contributed by atoms with Gasteiger partial charge in [0.1, 0.15) is 10.8 Å². The lowest BCUT2D eigenvalue weighted by atomic mass is 10.1. The maximum Gasteiger partial charge on any atom is 0.242 e. The van der Waals surface area contributed by atoms with E-state index in [1.165, 1.54) is 11.3 Å². The molecule has 2 aromatic heterocycles. The fourth-order valence-corrected chi connectivity index (χ4v) is 2.45. The first kappa shape index (κ1) is 16.1. The topological polar surface area (TPSA) is 124 Å². The summed E-state index contributed by atoms with van der Waals surface area (Å²) in [5, 5.41) is 5.12. The van der Waals surface area contributed by atoms with E-state index in [1.807, 2.05) is 19.1 Å². The van der Waals surface area contributed by atoms with Crippen molar-refractivity contribution in [1.29, 1.82) is 0 Å². The number of aromatic nitrogens is 2. The summed E-state index contributed by atoms with van der Waals surface area (Å²) in [4.78, 5) is 31.1. The maximum absolute atomic E-state index is 11.9. The Kier molecular flexibility index (Phi) is 5.18. The summed E-state index contributed by atoms with van der Waals surface area (Å²) in [7, 11) is 0. The van der Waals surface area contributed by atoms with Crippen molar-refractivity contribution in [3.8, 4) is 10.6 Å². The van der Waals surface area contributed by atoms with Gasteiger partial charge in [0.25, 0.3) is 0 Å². The summed E-state index contributed by atoms with van der Waals surface area (Å²) in [6.07, 6.45) is 2.02. The highest BCUT2D eigenvalue weighted by Gasteiger charge is 2.16. The molecule has 5 N–H and O–H groups in total. The predicted molar refractivity (Wildman–Crippen MR) is 85.1 cm³/mol. The van der Waals surface area contributed by atoms with Crippen LogP contribution in [0.25, 0.3) is 10.6 Å². The number of pyridine rings is 1. The van der Waals surface area contributed by atoms with Crippen LogP contribution in [0.4, 0.5) is 5.82 Å². The van der Waals surface area contributed by atoms with E-state index in [9.17, 15) is 9.59 Å². The third kappa shape index (κ3) is 4.34. The van der Waals surface area contributed by atoms with Gasteiger partial charge in [0, 0.05) is 29.3 Å². The Hall–Kier alpha value is -2.32. The zero-order chi connectivity index (χ0) is 16.1. The monoisotopic (exact) mass is 319 g/mol. The summed E-state index contributed by atoms with van der Waals surface area (Å²) >= 11 is 1.40. The number of nitrogens with one attached hydrogen (secondary N) is 1. The van der Waals surface area contributed by atoms with Gasteiger partial charge in [-0.15, -0.1) is 11.3 Å². The highest BCUT2D eigenvalue weighted by atomic mass is 32.1. The number of anilines is 1. The van der Waals surface area contributed by atoms with Crippen LogP contribution in [0.3, 0.4) is 0 Å². The van der Waals surface area contributed by atoms with Gasteiger partial charge in [0.05, 0.1) is 6.04 Å². The highest BCUT2D eigenvalue weighted by Crippen LogP contribution is 2.25. The molecule has 2 amide bonds. The first-order valence-corrected chi connectivity index (χ1v) is 7.57. The van der Waals surface area contributed by atoms with Crippen molar-refractivity contribution in [2.75, 3.05) is 5.32 Å². The number of primary amides is 1. The Morgan fingerprint density at radius 2 is 2.18 bits per heavy atom. The van der Waals surface area contributed by atoms with Gasteiger partial charge in [0.2, 0.25) is 11.8 Å². The molecule has 2 rings (SSSR count). The standard InChI is InChI=1S/C14H17N5O2S/c1-8-2-3-9(6-17-8)14-19-12(7-22-14)18-13(21)10(15)4-5-11(16)20/h2-3,6-7,10H,4-5,15H2,1H3,(H2,16,20)(H,18,21)/t10-/m0/s1. The number of rotatable bonds is 6. The van der Waals surface area contributed by atoms with Crippen molar-refractivity contribution >= 4 is 29.0 Å². The molecule has 0 bridgehead atoms. The number of aryl methyl sites for hydroxylation is 1. The first-order valence-electron chi connectivity index (χ1n) is 6.69. The van der Waals surface area contributed by atoms with Crippen LogP contribution in [0.5, 0.6) is 0 Å². The van der Waals surface area contributed by atoms with E-state index in [2.05, 4.69) is 15.3 Å². The molecule has 8 heteroatoms. The summed E-state index contributed by atoms with van der Waals surface area (Å²) in [5.74, 6) is -0.439. The van der Waals surface area contributed by atoms with Crippen molar-refractivity contribution in [3.05, 3.63) is 29.4 Å². The zero-order valence-electron chi connectivity index (χ0n) is 12.1. The minimum Gasteiger partial charge on any atom is -0.370 e. The molecule has 0 saturated heterocycles. The Morgan fingerprint density at radius 3 is 2.82 bits per heavy atom. The lowest BCUT2D eigenvalue weighted by Crippen LogP contribution is -2.36. The van der Waals surface area contributed by atoms with E-state index < -0.39 is 11.9 Å². The smallest absolute Gasteiger partial charge is 0.242 e. The molecule has 2 aromatic rings. The molecule has 0 aromatic carbocycles. The Morgan fingerprint density at radius 1 is 1.41 bits per heavy atom. The van der Waals surface area contributed by atoms with Crippen molar-refractivity contribution in [2.45, 2.75) is 25.8 Å². The van der Waals surface area contributed by atoms with Gasteiger partial charge in [0.15, 0.2) is 0 Å². The largest absolute Gasteiger partial charge is 0.370 e. The summed E-state index contributed by atoms with van der Waals surface area (Å²) in [5.41, 5.74) is 12.5. The number of hydrogen-bond donors (Lipinski definition) is 3. The van der Waals surface area contributed by atoms with Crippen LogP contribution in [0, 0.1) is 6.92 Å². The van der Waals surface area contributed by atoms with Crippen LogP contribution in [-0.4, -0.2) is 27.8 Å². The Bertz CT molecular complexity index is 668. The maximum atomic E-state index is 11.9. The van der Waals surface area contributed by atoms with Crippen LogP contribution >= 0.6 is 11.3 Å². The molecule has 0 radical (unpaired) electrons. The van der Waals surface area contributed by atoms with Gasteiger partial charge in [-0.2, -0.15) is 0 Å². The molecular weight excluding hydrogens is 302 g/mol. The van der Waals surface area contributed by atoms with Crippen molar-refractivity contribution in [2.24, 2.45) is 11.5 Å². The molecule has 0 aliphatic heterocycles. The van der Waals surface area contributed by atoms with E-state index in [0.717, 1.165) is 16.3 Å². The minimum absolute atomic E-state index is 0.0753. The average Bonchev–Trinajstić information content (AvgIpc) is 2.93. The molecule has 0 aliphatic carbocycles. The Labute approximate surface area is 131 Å². The molecule has 2 heterocycles. The molecule has 7 nitrogen and oxygen atoms in total. The van der Waals surface area contributed by atoms with Crippen molar-refractivity contribution < 1.29 is 9.59 Å². The van der Waals surface area contributed by atoms with E-state index in [-0.39, 0.29) is 18.7 Å². The molecule has 1 atom stereocenters.